The summed E-state index contributed by atoms with van der Waals surface area (Å²) < 4.78 is 0. The van der Waals surface area contributed by atoms with Crippen LogP contribution in [0.1, 0.15) is 25.5 Å². The molecule has 19 heavy (non-hydrogen) atoms. The lowest BCUT2D eigenvalue weighted by atomic mass is 10.1. The van der Waals surface area contributed by atoms with Gasteiger partial charge >= 0.3 is 0 Å². The Balaban J connectivity index is 0.00000324. The van der Waals surface area contributed by atoms with Crippen LogP contribution in [0.4, 0.5) is 0 Å². The summed E-state index contributed by atoms with van der Waals surface area (Å²) in [4.78, 5) is 6.42. The van der Waals surface area contributed by atoms with E-state index in [1.165, 1.54) is 0 Å². The molecule has 0 aromatic heterocycles. The topological polar surface area (TPSA) is 67.6 Å². The minimum atomic E-state index is 0. The van der Waals surface area contributed by atoms with Crippen LogP contribution in [0.25, 0.3) is 0 Å². The average molecular weight is 397 g/mol. The smallest absolute Gasteiger partial charge is 0.185 e. The second-order valence-electron chi connectivity index (χ2n) is 4.02. The highest BCUT2D eigenvalue weighted by atomic mass is 127. The number of halogens is 2. The Kier molecular flexibility index (Phi) is 9.12. The molecule has 0 heterocycles. The van der Waals surface area contributed by atoms with Crippen LogP contribution in [0.2, 0.25) is 5.02 Å². The monoisotopic (exact) mass is 396 g/mol. The maximum absolute atomic E-state index is 6.25. The number of nitrogens with two attached hydrogens (primary N) is 2. The Labute approximate surface area is 137 Å². The van der Waals surface area contributed by atoms with Crippen molar-refractivity contribution in [3.63, 3.8) is 0 Å². The van der Waals surface area contributed by atoms with E-state index in [-0.39, 0.29) is 36.0 Å². The highest BCUT2D eigenvalue weighted by molar-refractivity contribution is 14.0. The number of rotatable bonds is 6. The van der Waals surface area contributed by atoms with Gasteiger partial charge in [0, 0.05) is 5.02 Å². The van der Waals surface area contributed by atoms with Crippen molar-refractivity contribution >= 4 is 41.5 Å². The third kappa shape index (κ3) is 5.54. The SMILES string of the molecule is CCN(CC)C(CN=C(N)N)c1ccccc1Cl.I. The van der Waals surface area contributed by atoms with Crippen molar-refractivity contribution in [2.24, 2.45) is 16.5 Å². The number of hydrogen-bond donors (Lipinski definition) is 2. The lowest BCUT2D eigenvalue weighted by Crippen LogP contribution is -2.32. The first kappa shape index (κ1) is 18.5. The summed E-state index contributed by atoms with van der Waals surface area (Å²) >= 11 is 6.25. The molecule has 0 bridgehead atoms. The van der Waals surface area contributed by atoms with Gasteiger partial charge in [-0.2, -0.15) is 0 Å². The van der Waals surface area contributed by atoms with Crippen molar-refractivity contribution in [3.05, 3.63) is 34.9 Å². The largest absolute Gasteiger partial charge is 0.370 e. The normalized spacial score (nSPS) is 11.8. The Bertz CT molecular complexity index is 403. The summed E-state index contributed by atoms with van der Waals surface area (Å²) in [6.45, 7) is 6.60. The van der Waals surface area contributed by atoms with Gasteiger partial charge in [0.15, 0.2) is 5.96 Å². The van der Waals surface area contributed by atoms with E-state index in [4.69, 9.17) is 23.1 Å². The third-order valence-corrected chi connectivity index (χ3v) is 3.31. The number of nitrogens with zero attached hydrogens (tertiary/aromatic N) is 2. The van der Waals surface area contributed by atoms with Crippen molar-refractivity contribution in [3.8, 4) is 0 Å². The number of guanidine groups is 1. The second-order valence-corrected chi connectivity index (χ2v) is 4.43. The first-order valence-corrected chi connectivity index (χ1v) is 6.51. The van der Waals surface area contributed by atoms with Gasteiger partial charge in [0.2, 0.25) is 0 Å². The molecule has 1 rings (SSSR count). The Morgan fingerprint density at radius 1 is 1.26 bits per heavy atom. The minimum absolute atomic E-state index is 0. The predicted octanol–water partition coefficient (Wildman–Crippen LogP) is 2.61. The standard InChI is InChI=1S/C13H21ClN4.HI/c1-3-18(4-2)12(9-17-13(15)16)10-7-5-6-8-11(10)14;/h5-8,12H,3-4,9H2,1-2H3,(H4,15,16,17);1H. The Hall–Kier alpha value is -0.530. The molecule has 1 unspecified atom stereocenters. The first-order valence-electron chi connectivity index (χ1n) is 6.14. The summed E-state index contributed by atoms with van der Waals surface area (Å²) in [5.41, 5.74) is 11.9. The molecule has 0 aliphatic rings. The molecular formula is C13H22ClIN4. The highest BCUT2D eigenvalue weighted by Gasteiger charge is 2.19. The summed E-state index contributed by atoms with van der Waals surface area (Å²) in [6, 6.07) is 7.92. The number of hydrogen-bond acceptors (Lipinski definition) is 2. The van der Waals surface area contributed by atoms with E-state index < -0.39 is 0 Å². The van der Waals surface area contributed by atoms with E-state index >= 15 is 0 Å². The fourth-order valence-corrected chi connectivity index (χ4v) is 2.27. The molecule has 0 saturated heterocycles. The zero-order valence-corrected chi connectivity index (χ0v) is 14.4. The van der Waals surface area contributed by atoms with Gasteiger partial charge in [0.05, 0.1) is 12.6 Å². The Morgan fingerprint density at radius 2 is 1.84 bits per heavy atom. The van der Waals surface area contributed by atoms with Crippen molar-refractivity contribution in [1.29, 1.82) is 0 Å². The maximum atomic E-state index is 6.25. The van der Waals surface area contributed by atoms with Crippen LogP contribution in [0, 0.1) is 0 Å². The van der Waals surface area contributed by atoms with E-state index in [0.717, 1.165) is 23.7 Å². The van der Waals surface area contributed by atoms with Crippen molar-refractivity contribution in [2.75, 3.05) is 19.6 Å². The van der Waals surface area contributed by atoms with E-state index in [2.05, 4.69) is 23.7 Å². The van der Waals surface area contributed by atoms with Gasteiger partial charge in [-0.05, 0) is 24.7 Å². The van der Waals surface area contributed by atoms with Crippen molar-refractivity contribution in [1.82, 2.24) is 4.90 Å². The molecule has 0 spiro atoms. The van der Waals surface area contributed by atoms with E-state index in [1.54, 1.807) is 0 Å². The molecule has 0 aliphatic carbocycles. The molecule has 0 saturated carbocycles. The van der Waals surface area contributed by atoms with E-state index in [1.807, 2.05) is 24.3 Å². The summed E-state index contributed by atoms with van der Waals surface area (Å²) in [7, 11) is 0. The van der Waals surface area contributed by atoms with Gasteiger partial charge in [-0.1, -0.05) is 43.6 Å². The lowest BCUT2D eigenvalue weighted by Gasteiger charge is -2.29. The van der Waals surface area contributed by atoms with Crippen LogP contribution in [-0.4, -0.2) is 30.5 Å². The van der Waals surface area contributed by atoms with E-state index in [0.29, 0.717) is 6.54 Å². The number of likely N-dealkylation sites (N-methyl/N-ethyl adjacent to an activating group) is 1. The molecule has 0 fully saturated rings. The predicted molar refractivity (Wildman–Crippen MR) is 93.2 cm³/mol. The zero-order valence-electron chi connectivity index (χ0n) is 11.3. The molecule has 6 heteroatoms. The van der Waals surface area contributed by atoms with Gasteiger partial charge in [0.25, 0.3) is 0 Å². The van der Waals surface area contributed by atoms with Gasteiger partial charge in [-0.25, -0.2) is 0 Å². The molecule has 1 aromatic carbocycles. The van der Waals surface area contributed by atoms with Crippen LogP contribution in [0.15, 0.2) is 29.3 Å². The lowest BCUT2D eigenvalue weighted by molar-refractivity contribution is 0.224. The first-order chi connectivity index (χ1) is 8.60. The van der Waals surface area contributed by atoms with E-state index in [9.17, 15) is 0 Å². The molecule has 0 aliphatic heterocycles. The molecule has 1 atom stereocenters. The highest BCUT2D eigenvalue weighted by Crippen LogP contribution is 2.27. The van der Waals surface area contributed by atoms with Crippen molar-refractivity contribution in [2.45, 2.75) is 19.9 Å². The van der Waals surface area contributed by atoms with Gasteiger partial charge in [-0.3, -0.25) is 9.89 Å². The molecule has 1 aromatic rings. The molecule has 4 N–H and O–H groups in total. The van der Waals surface area contributed by atoms with Gasteiger partial charge in [0.1, 0.15) is 0 Å². The Morgan fingerprint density at radius 3 is 2.32 bits per heavy atom. The molecular weight excluding hydrogens is 375 g/mol. The summed E-state index contributed by atoms with van der Waals surface area (Å²) in [6.07, 6.45) is 0. The summed E-state index contributed by atoms with van der Waals surface area (Å²) in [5, 5.41) is 0.750. The second kappa shape index (κ2) is 9.39. The quantitative estimate of drug-likeness (QED) is 0.441. The fraction of sp³-hybridized carbons (Fsp3) is 0.462. The third-order valence-electron chi connectivity index (χ3n) is 2.96. The number of benzene rings is 1. The summed E-state index contributed by atoms with van der Waals surface area (Å²) in [5.74, 6) is 0.110. The van der Waals surface area contributed by atoms with Crippen molar-refractivity contribution < 1.29 is 0 Å². The van der Waals surface area contributed by atoms with Crippen LogP contribution < -0.4 is 11.5 Å². The van der Waals surface area contributed by atoms with Gasteiger partial charge in [-0.15, -0.1) is 24.0 Å². The van der Waals surface area contributed by atoms with Crippen LogP contribution in [0.5, 0.6) is 0 Å². The van der Waals surface area contributed by atoms with Gasteiger partial charge < -0.3 is 11.5 Å². The number of aliphatic imine (C=N–C) groups is 1. The fourth-order valence-electron chi connectivity index (χ4n) is 2.01. The molecule has 4 nitrogen and oxygen atoms in total. The van der Waals surface area contributed by atoms with Crippen LogP contribution in [-0.2, 0) is 0 Å². The van der Waals surface area contributed by atoms with Crippen LogP contribution in [0.3, 0.4) is 0 Å². The average Bonchev–Trinajstić information content (AvgIpc) is 2.35. The molecule has 108 valence electrons. The minimum Gasteiger partial charge on any atom is -0.370 e. The van der Waals surface area contributed by atoms with Crippen LogP contribution >= 0.6 is 35.6 Å². The molecule has 0 radical (unpaired) electrons. The maximum Gasteiger partial charge on any atom is 0.185 e. The zero-order chi connectivity index (χ0) is 13.5. The molecule has 0 amide bonds.